The molecule has 0 atom stereocenters. The first-order valence-electron chi connectivity index (χ1n) is 11.0. The first-order chi connectivity index (χ1) is 15.9. The Morgan fingerprint density at radius 3 is 2.39 bits per heavy atom. The van der Waals surface area contributed by atoms with Crippen molar-refractivity contribution >= 4 is 27.4 Å². The maximum atomic E-state index is 12.5. The van der Waals surface area contributed by atoms with Crippen LogP contribution in [0.4, 0.5) is 5.69 Å². The molecule has 7 nitrogen and oxygen atoms in total. The van der Waals surface area contributed by atoms with Gasteiger partial charge in [-0.2, -0.15) is 0 Å². The van der Waals surface area contributed by atoms with Crippen molar-refractivity contribution in [3.63, 3.8) is 0 Å². The minimum absolute atomic E-state index is 0.0477. The number of hydrogen-bond donors (Lipinski definition) is 2. The third kappa shape index (κ3) is 5.97. The van der Waals surface area contributed by atoms with Crippen LogP contribution < -0.4 is 10.0 Å². The van der Waals surface area contributed by atoms with Crippen molar-refractivity contribution in [3.05, 3.63) is 83.3 Å². The molecule has 1 amide bonds. The molecule has 0 radical (unpaired) electrons. The summed E-state index contributed by atoms with van der Waals surface area (Å²) < 4.78 is 32.4. The van der Waals surface area contributed by atoms with Gasteiger partial charge < -0.3 is 9.73 Å². The van der Waals surface area contributed by atoms with E-state index in [0.29, 0.717) is 17.0 Å². The number of fused-ring (bicyclic) bond motifs is 1. The number of furan rings is 1. The SMILES string of the molecule is O=C(CCC(=O)c1ccc2c(c1)CCCC2)Nc1ccc(S(=O)(=O)NCc2ccco2)cc1. The first kappa shape index (κ1) is 22.9. The zero-order valence-corrected chi connectivity index (χ0v) is 19.0. The van der Waals surface area contributed by atoms with Crippen LogP contribution in [0.3, 0.4) is 0 Å². The number of hydrogen-bond acceptors (Lipinski definition) is 5. The molecule has 1 aliphatic rings. The highest BCUT2D eigenvalue weighted by Gasteiger charge is 2.16. The minimum atomic E-state index is -3.71. The highest BCUT2D eigenvalue weighted by Crippen LogP contribution is 2.23. The summed E-state index contributed by atoms with van der Waals surface area (Å²) in [7, 11) is -3.71. The Morgan fingerprint density at radius 1 is 0.909 bits per heavy atom. The second-order valence-corrected chi connectivity index (χ2v) is 9.86. The smallest absolute Gasteiger partial charge is 0.240 e. The molecule has 0 fully saturated rings. The normalized spacial score (nSPS) is 13.3. The third-order valence-corrected chi connectivity index (χ3v) is 7.13. The Hall–Kier alpha value is -3.23. The average molecular weight is 467 g/mol. The number of ketones is 1. The fourth-order valence-electron chi connectivity index (χ4n) is 3.88. The molecule has 0 unspecified atom stereocenters. The van der Waals surface area contributed by atoms with Crippen molar-refractivity contribution in [2.75, 3.05) is 5.32 Å². The van der Waals surface area contributed by atoms with Gasteiger partial charge in [0.15, 0.2) is 5.78 Å². The van der Waals surface area contributed by atoms with Gasteiger partial charge in [0, 0.05) is 24.1 Å². The van der Waals surface area contributed by atoms with Gasteiger partial charge in [0.2, 0.25) is 15.9 Å². The number of benzene rings is 2. The molecule has 1 heterocycles. The number of Topliss-reactive ketones (excluding diaryl/α,β-unsaturated/α-hetero) is 1. The molecule has 4 rings (SSSR count). The second kappa shape index (κ2) is 10.1. The van der Waals surface area contributed by atoms with Crippen molar-refractivity contribution in [3.8, 4) is 0 Å². The van der Waals surface area contributed by atoms with E-state index in [2.05, 4.69) is 10.0 Å². The summed E-state index contributed by atoms with van der Waals surface area (Å²) in [6.07, 6.45) is 6.05. The van der Waals surface area contributed by atoms with Gasteiger partial charge in [-0.3, -0.25) is 9.59 Å². The van der Waals surface area contributed by atoms with E-state index in [-0.39, 0.29) is 36.0 Å². The lowest BCUT2D eigenvalue weighted by molar-refractivity contribution is -0.116. The Bertz CT molecular complexity index is 1230. The number of anilines is 1. The Morgan fingerprint density at radius 2 is 1.67 bits per heavy atom. The van der Waals surface area contributed by atoms with Crippen LogP contribution in [0.5, 0.6) is 0 Å². The molecular formula is C25H26N2O5S. The highest BCUT2D eigenvalue weighted by molar-refractivity contribution is 7.89. The number of amides is 1. The summed E-state index contributed by atoms with van der Waals surface area (Å²) in [4.78, 5) is 24.9. The molecule has 1 aliphatic carbocycles. The van der Waals surface area contributed by atoms with Crippen LogP contribution >= 0.6 is 0 Å². The predicted octanol–water partition coefficient (Wildman–Crippen LogP) is 4.24. The van der Waals surface area contributed by atoms with E-state index >= 15 is 0 Å². The number of sulfonamides is 1. The predicted molar refractivity (Wildman–Crippen MR) is 124 cm³/mol. The molecule has 2 N–H and O–H groups in total. The van der Waals surface area contributed by atoms with E-state index in [0.717, 1.165) is 19.3 Å². The lowest BCUT2D eigenvalue weighted by Crippen LogP contribution is -2.23. The van der Waals surface area contributed by atoms with E-state index in [1.807, 2.05) is 18.2 Å². The van der Waals surface area contributed by atoms with Gasteiger partial charge in [0.05, 0.1) is 17.7 Å². The molecule has 0 saturated carbocycles. The summed E-state index contributed by atoms with van der Waals surface area (Å²) in [5, 5.41) is 2.71. The largest absolute Gasteiger partial charge is 0.468 e. The van der Waals surface area contributed by atoms with E-state index in [1.165, 1.54) is 48.1 Å². The molecule has 2 aromatic carbocycles. The van der Waals surface area contributed by atoms with Crippen LogP contribution in [-0.2, 0) is 34.2 Å². The topological polar surface area (TPSA) is 105 Å². The average Bonchev–Trinajstić information content (AvgIpc) is 3.35. The van der Waals surface area contributed by atoms with Crippen LogP contribution in [0.15, 0.2) is 70.2 Å². The number of carbonyl (C=O) groups excluding carboxylic acids is 2. The highest BCUT2D eigenvalue weighted by atomic mass is 32.2. The Balaban J connectivity index is 1.28. The van der Waals surface area contributed by atoms with Gasteiger partial charge in [-0.1, -0.05) is 12.1 Å². The molecule has 8 heteroatoms. The van der Waals surface area contributed by atoms with E-state index < -0.39 is 10.0 Å². The van der Waals surface area contributed by atoms with E-state index in [9.17, 15) is 18.0 Å². The molecule has 33 heavy (non-hydrogen) atoms. The third-order valence-electron chi connectivity index (χ3n) is 5.71. The summed E-state index contributed by atoms with van der Waals surface area (Å²) in [6, 6.07) is 15.1. The fraction of sp³-hybridized carbons (Fsp3) is 0.280. The monoisotopic (exact) mass is 466 g/mol. The summed E-state index contributed by atoms with van der Waals surface area (Å²) >= 11 is 0. The molecule has 0 saturated heterocycles. The molecule has 3 aromatic rings. The van der Waals surface area contributed by atoms with E-state index in [4.69, 9.17) is 4.42 Å². The van der Waals surface area contributed by atoms with Gasteiger partial charge in [-0.15, -0.1) is 0 Å². The maximum absolute atomic E-state index is 12.5. The first-order valence-corrected chi connectivity index (χ1v) is 12.5. The molecule has 1 aromatic heterocycles. The van der Waals surface area contributed by atoms with Crippen LogP contribution in [0.25, 0.3) is 0 Å². The fourth-order valence-corrected chi connectivity index (χ4v) is 4.88. The standard InChI is InChI=1S/C25H26N2O5S/c28-24(20-8-7-18-4-1-2-5-19(18)16-20)13-14-25(29)27-21-9-11-23(12-10-21)33(30,31)26-17-22-6-3-15-32-22/h3,6-12,15-16,26H,1-2,4-5,13-14,17H2,(H,27,29). The van der Waals surface area contributed by atoms with Crippen LogP contribution in [-0.4, -0.2) is 20.1 Å². The van der Waals surface area contributed by atoms with Gasteiger partial charge >= 0.3 is 0 Å². The van der Waals surface area contributed by atoms with Crippen molar-refractivity contribution in [2.24, 2.45) is 0 Å². The zero-order chi connectivity index (χ0) is 23.3. The molecule has 0 aliphatic heterocycles. The Labute approximate surface area is 193 Å². The lowest BCUT2D eigenvalue weighted by atomic mass is 9.89. The van der Waals surface area contributed by atoms with Crippen molar-refractivity contribution in [1.29, 1.82) is 0 Å². The quantitative estimate of drug-likeness (QED) is 0.459. The van der Waals surface area contributed by atoms with Gasteiger partial charge in [0.1, 0.15) is 5.76 Å². The van der Waals surface area contributed by atoms with Crippen molar-refractivity contribution in [2.45, 2.75) is 50.0 Å². The number of rotatable bonds is 9. The van der Waals surface area contributed by atoms with Crippen LogP contribution in [0.1, 0.15) is 52.9 Å². The second-order valence-electron chi connectivity index (χ2n) is 8.09. The minimum Gasteiger partial charge on any atom is -0.468 e. The number of aryl methyl sites for hydroxylation is 2. The lowest BCUT2D eigenvalue weighted by Gasteiger charge is -2.16. The molecule has 0 spiro atoms. The maximum Gasteiger partial charge on any atom is 0.240 e. The van der Waals surface area contributed by atoms with Crippen molar-refractivity contribution < 1.29 is 22.4 Å². The van der Waals surface area contributed by atoms with Gasteiger partial charge in [0.25, 0.3) is 0 Å². The van der Waals surface area contributed by atoms with Gasteiger partial charge in [-0.25, -0.2) is 13.1 Å². The summed E-state index contributed by atoms with van der Waals surface area (Å²) in [5.74, 6) is 0.155. The van der Waals surface area contributed by atoms with Gasteiger partial charge in [-0.05, 0) is 79.3 Å². The summed E-state index contributed by atoms with van der Waals surface area (Å²) in [5.41, 5.74) is 3.67. The Kier molecular flexibility index (Phi) is 7.05. The van der Waals surface area contributed by atoms with Crippen molar-refractivity contribution in [1.82, 2.24) is 4.72 Å². The van der Waals surface area contributed by atoms with Crippen LogP contribution in [0.2, 0.25) is 0 Å². The number of carbonyl (C=O) groups is 2. The van der Waals surface area contributed by atoms with E-state index in [1.54, 1.807) is 12.1 Å². The molecule has 172 valence electrons. The zero-order valence-electron chi connectivity index (χ0n) is 18.2. The van der Waals surface area contributed by atoms with Crippen LogP contribution in [0, 0.1) is 0 Å². The molecule has 0 bridgehead atoms. The number of nitrogens with one attached hydrogen (secondary N) is 2. The summed E-state index contributed by atoms with van der Waals surface area (Å²) in [6.45, 7) is 0.0477. The molecular weight excluding hydrogens is 440 g/mol.